The van der Waals surface area contributed by atoms with E-state index in [0.29, 0.717) is 49.4 Å². The van der Waals surface area contributed by atoms with Crippen LogP contribution >= 0.6 is 0 Å². The molecule has 2 aromatic rings. The summed E-state index contributed by atoms with van der Waals surface area (Å²) in [6.45, 7) is 1.60. The molecule has 28 heavy (non-hydrogen) atoms. The Hall–Kier alpha value is -2.74. The maximum absolute atomic E-state index is 13.4. The van der Waals surface area contributed by atoms with Crippen molar-refractivity contribution in [2.75, 3.05) is 19.8 Å². The third-order valence-corrected chi connectivity index (χ3v) is 5.99. The number of aromatic nitrogens is 2. The van der Waals surface area contributed by atoms with Gasteiger partial charge in [0.15, 0.2) is 0 Å². The van der Waals surface area contributed by atoms with Crippen molar-refractivity contribution in [1.29, 1.82) is 0 Å². The SMILES string of the molecule is NC(=O)C1N(C(=O)c2cn[nH]c2-c2ccc(F)cc2)CCCC12CCOCC2. The second-order valence-electron chi connectivity index (χ2n) is 7.55. The number of carbonyl (C=O) groups excluding carboxylic acids is 2. The Morgan fingerprint density at radius 1 is 1.21 bits per heavy atom. The average molecular weight is 386 g/mol. The number of benzene rings is 1. The van der Waals surface area contributed by atoms with Gasteiger partial charge in [-0.05, 0) is 49.9 Å². The molecule has 2 aliphatic rings. The summed E-state index contributed by atoms with van der Waals surface area (Å²) in [5.41, 5.74) is 6.94. The van der Waals surface area contributed by atoms with Gasteiger partial charge in [0.1, 0.15) is 11.9 Å². The van der Waals surface area contributed by atoms with Crippen LogP contribution in [0.15, 0.2) is 30.5 Å². The van der Waals surface area contributed by atoms with Crippen LogP contribution in [-0.4, -0.2) is 52.7 Å². The predicted molar refractivity (Wildman–Crippen MR) is 99.7 cm³/mol. The molecule has 8 heteroatoms. The van der Waals surface area contributed by atoms with Crippen LogP contribution in [0.25, 0.3) is 11.3 Å². The second-order valence-corrected chi connectivity index (χ2v) is 7.55. The lowest BCUT2D eigenvalue weighted by atomic mass is 9.67. The summed E-state index contributed by atoms with van der Waals surface area (Å²) in [7, 11) is 0. The largest absolute Gasteiger partial charge is 0.381 e. The number of nitrogens with two attached hydrogens (primary N) is 1. The van der Waals surface area contributed by atoms with E-state index < -0.39 is 11.9 Å². The Morgan fingerprint density at radius 2 is 1.93 bits per heavy atom. The van der Waals surface area contributed by atoms with E-state index in [9.17, 15) is 14.0 Å². The lowest BCUT2D eigenvalue weighted by Crippen LogP contribution is -2.61. The number of primary amides is 1. The number of nitrogens with zero attached hydrogens (tertiary/aromatic N) is 2. The molecule has 0 saturated carbocycles. The minimum absolute atomic E-state index is 0.289. The zero-order valence-corrected chi connectivity index (χ0v) is 15.5. The van der Waals surface area contributed by atoms with Crippen LogP contribution in [-0.2, 0) is 9.53 Å². The Balaban J connectivity index is 1.68. The van der Waals surface area contributed by atoms with Gasteiger partial charge in [0.05, 0.1) is 17.5 Å². The quantitative estimate of drug-likeness (QED) is 0.843. The highest BCUT2D eigenvalue weighted by molar-refractivity contribution is 6.02. The molecule has 1 aromatic heterocycles. The van der Waals surface area contributed by atoms with Gasteiger partial charge in [0, 0.05) is 30.7 Å². The van der Waals surface area contributed by atoms with Gasteiger partial charge < -0.3 is 15.4 Å². The first kappa shape index (κ1) is 18.6. The highest BCUT2D eigenvalue weighted by atomic mass is 19.1. The molecule has 1 atom stereocenters. The number of amides is 2. The van der Waals surface area contributed by atoms with E-state index >= 15 is 0 Å². The number of H-pyrrole nitrogens is 1. The molecule has 2 saturated heterocycles. The van der Waals surface area contributed by atoms with Gasteiger partial charge in [-0.15, -0.1) is 0 Å². The molecule has 2 amide bonds. The smallest absolute Gasteiger partial charge is 0.258 e. The molecular formula is C20H23FN4O3. The Labute approximate surface area is 162 Å². The third kappa shape index (κ3) is 3.17. The number of nitrogens with one attached hydrogen (secondary N) is 1. The number of aromatic amines is 1. The average Bonchev–Trinajstić information content (AvgIpc) is 3.18. The molecule has 3 heterocycles. The Bertz CT molecular complexity index is 868. The first-order chi connectivity index (χ1) is 13.5. The molecule has 0 aliphatic carbocycles. The van der Waals surface area contributed by atoms with Crippen LogP contribution in [0.5, 0.6) is 0 Å². The van der Waals surface area contributed by atoms with Gasteiger partial charge >= 0.3 is 0 Å². The third-order valence-electron chi connectivity index (χ3n) is 5.99. The second kappa shape index (κ2) is 7.35. The van der Waals surface area contributed by atoms with E-state index in [1.807, 2.05) is 0 Å². The molecule has 0 bridgehead atoms. The zero-order chi connectivity index (χ0) is 19.7. The minimum atomic E-state index is -0.673. The first-order valence-electron chi connectivity index (χ1n) is 9.49. The van der Waals surface area contributed by atoms with E-state index in [1.54, 1.807) is 17.0 Å². The summed E-state index contributed by atoms with van der Waals surface area (Å²) < 4.78 is 18.7. The van der Waals surface area contributed by atoms with Crippen molar-refractivity contribution < 1.29 is 18.7 Å². The number of rotatable bonds is 3. The molecule has 2 aliphatic heterocycles. The van der Waals surface area contributed by atoms with Gasteiger partial charge in [-0.3, -0.25) is 14.7 Å². The topological polar surface area (TPSA) is 101 Å². The number of halogens is 1. The molecule has 148 valence electrons. The van der Waals surface area contributed by atoms with Crippen molar-refractivity contribution in [3.8, 4) is 11.3 Å². The Morgan fingerprint density at radius 3 is 2.61 bits per heavy atom. The molecule has 0 radical (unpaired) electrons. The van der Waals surface area contributed by atoms with Crippen molar-refractivity contribution in [2.24, 2.45) is 11.1 Å². The van der Waals surface area contributed by atoms with E-state index in [2.05, 4.69) is 10.2 Å². The number of ether oxygens (including phenoxy) is 1. The van der Waals surface area contributed by atoms with Crippen LogP contribution < -0.4 is 5.73 Å². The highest BCUT2D eigenvalue weighted by Gasteiger charge is 2.50. The fourth-order valence-corrected chi connectivity index (χ4v) is 4.61. The van der Waals surface area contributed by atoms with Gasteiger partial charge in [-0.2, -0.15) is 5.10 Å². The number of piperidine rings is 1. The molecular weight excluding hydrogens is 363 g/mol. The minimum Gasteiger partial charge on any atom is -0.381 e. The molecule has 2 fully saturated rings. The summed E-state index contributed by atoms with van der Waals surface area (Å²) >= 11 is 0. The molecule has 1 aromatic carbocycles. The number of hydrogen-bond donors (Lipinski definition) is 2. The molecule has 4 rings (SSSR count). The van der Waals surface area contributed by atoms with E-state index in [0.717, 1.165) is 12.8 Å². The van der Waals surface area contributed by atoms with Gasteiger partial charge in [-0.1, -0.05) is 0 Å². The molecule has 1 unspecified atom stereocenters. The highest BCUT2D eigenvalue weighted by Crippen LogP contribution is 2.44. The summed E-state index contributed by atoms with van der Waals surface area (Å²) in [6.07, 6.45) is 4.52. The van der Waals surface area contributed by atoms with Gasteiger partial charge in [0.25, 0.3) is 5.91 Å². The fourth-order valence-electron chi connectivity index (χ4n) is 4.61. The maximum Gasteiger partial charge on any atom is 0.258 e. The number of likely N-dealkylation sites (tertiary alicyclic amines) is 1. The lowest BCUT2D eigenvalue weighted by Gasteiger charge is -2.50. The van der Waals surface area contributed by atoms with Crippen molar-refractivity contribution in [3.05, 3.63) is 41.8 Å². The molecule has 3 N–H and O–H groups in total. The predicted octanol–water partition coefficient (Wildman–Crippen LogP) is 2.10. The Kier molecular flexibility index (Phi) is 4.89. The van der Waals surface area contributed by atoms with Crippen molar-refractivity contribution >= 4 is 11.8 Å². The van der Waals surface area contributed by atoms with Crippen LogP contribution in [0.2, 0.25) is 0 Å². The maximum atomic E-state index is 13.4. The van der Waals surface area contributed by atoms with Crippen LogP contribution in [0, 0.1) is 11.2 Å². The lowest BCUT2D eigenvalue weighted by molar-refractivity contribution is -0.134. The van der Waals surface area contributed by atoms with Crippen LogP contribution in [0.3, 0.4) is 0 Å². The van der Waals surface area contributed by atoms with Crippen LogP contribution in [0.4, 0.5) is 4.39 Å². The standard InChI is InChI=1S/C20H23FN4O3/c21-14-4-2-13(3-5-14)16-15(12-23-24-16)19(27)25-9-1-6-20(17(25)18(22)26)7-10-28-11-8-20/h2-5,12,17H,1,6-11H2,(H2,22,26)(H,23,24). The van der Waals surface area contributed by atoms with E-state index in [4.69, 9.17) is 10.5 Å². The van der Waals surface area contributed by atoms with E-state index in [1.165, 1.54) is 18.3 Å². The zero-order valence-electron chi connectivity index (χ0n) is 15.5. The van der Waals surface area contributed by atoms with E-state index in [-0.39, 0.29) is 17.1 Å². The van der Waals surface area contributed by atoms with Crippen molar-refractivity contribution in [2.45, 2.75) is 31.7 Å². The van der Waals surface area contributed by atoms with Crippen molar-refractivity contribution in [1.82, 2.24) is 15.1 Å². The molecule has 1 spiro atoms. The summed E-state index contributed by atoms with van der Waals surface area (Å²) in [4.78, 5) is 27.4. The van der Waals surface area contributed by atoms with Gasteiger partial charge in [-0.25, -0.2) is 4.39 Å². The summed E-state index contributed by atoms with van der Waals surface area (Å²) in [5.74, 6) is -1.13. The molecule has 7 nitrogen and oxygen atoms in total. The summed E-state index contributed by atoms with van der Waals surface area (Å²) in [5, 5.41) is 6.83. The summed E-state index contributed by atoms with van der Waals surface area (Å²) in [6, 6.07) is 5.15. The number of hydrogen-bond acceptors (Lipinski definition) is 4. The first-order valence-corrected chi connectivity index (χ1v) is 9.49. The fraction of sp³-hybridized carbons (Fsp3) is 0.450. The van der Waals surface area contributed by atoms with Crippen LogP contribution in [0.1, 0.15) is 36.0 Å². The van der Waals surface area contributed by atoms with Gasteiger partial charge in [0.2, 0.25) is 5.91 Å². The monoisotopic (exact) mass is 386 g/mol. The normalized spacial score (nSPS) is 21.6. The van der Waals surface area contributed by atoms with Crippen molar-refractivity contribution in [3.63, 3.8) is 0 Å². The number of carbonyl (C=O) groups is 2.